The van der Waals surface area contributed by atoms with Crippen molar-refractivity contribution in [3.8, 4) is 22.4 Å². The third-order valence-corrected chi connectivity index (χ3v) is 6.39. The summed E-state index contributed by atoms with van der Waals surface area (Å²) >= 11 is 0. The highest BCUT2D eigenvalue weighted by molar-refractivity contribution is 5.72. The van der Waals surface area contributed by atoms with Crippen LogP contribution in [0.15, 0.2) is 72.6 Å². The van der Waals surface area contributed by atoms with Crippen LogP contribution in [0.4, 0.5) is 0 Å². The van der Waals surface area contributed by atoms with E-state index in [0.29, 0.717) is 0 Å². The van der Waals surface area contributed by atoms with Crippen molar-refractivity contribution in [2.24, 2.45) is 0 Å². The summed E-state index contributed by atoms with van der Waals surface area (Å²) in [7, 11) is 0. The summed E-state index contributed by atoms with van der Waals surface area (Å²) in [6.07, 6.45) is 9.98. The van der Waals surface area contributed by atoms with Gasteiger partial charge in [0.2, 0.25) is 6.41 Å². The number of hydrogen-bond acceptors (Lipinski definition) is 3. The molecule has 0 radical (unpaired) electrons. The minimum absolute atomic E-state index is 0.0620. The Balaban J connectivity index is 1.47. The van der Waals surface area contributed by atoms with Crippen LogP contribution in [0.1, 0.15) is 57.5 Å². The highest BCUT2D eigenvalue weighted by Crippen LogP contribution is 2.31. The summed E-state index contributed by atoms with van der Waals surface area (Å²) in [5, 5.41) is 3.42. The van der Waals surface area contributed by atoms with Crippen molar-refractivity contribution in [2.45, 2.75) is 46.1 Å². The predicted octanol–water partition coefficient (Wildman–Crippen LogP) is 6.30. The van der Waals surface area contributed by atoms with Crippen LogP contribution in [0.2, 0.25) is 0 Å². The molecule has 1 atom stereocenters. The van der Waals surface area contributed by atoms with E-state index in [1.807, 2.05) is 18.0 Å². The van der Waals surface area contributed by atoms with E-state index >= 15 is 0 Å². The molecule has 0 spiro atoms. The van der Waals surface area contributed by atoms with Crippen LogP contribution in [0, 0.1) is 0 Å². The van der Waals surface area contributed by atoms with E-state index in [1.54, 1.807) is 0 Å². The second kappa shape index (κ2) is 10.3. The highest BCUT2D eigenvalue weighted by atomic mass is 16.1. The molecule has 0 bridgehead atoms. The van der Waals surface area contributed by atoms with Crippen molar-refractivity contribution in [1.82, 2.24) is 20.2 Å². The number of aromatic nitrogens is 2. The lowest BCUT2D eigenvalue weighted by atomic mass is 10.0. The molecule has 1 unspecified atom stereocenters. The molecule has 3 aromatic rings. The first-order chi connectivity index (χ1) is 16.1. The number of H-pyrrole nitrogens is 1. The highest BCUT2D eigenvalue weighted by Gasteiger charge is 2.27. The van der Waals surface area contributed by atoms with Crippen LogP contribution < -0.4 is 5.32 Å². The molecular formula is C28H32N4O. The second-order valence-corrected chi connectivity index (χ2v) is 8.53. The fourth-order valence-electron chi connectivity index (χ4n) is 4.18. The number of aromatic amines is 1. The first kappa shape index (κ1) is 22.6. The third kappa shape index (κ3) is 5.08. The van der Waals surface area contributed by atoms with Crippen molar-refractivity contribution in [3.05, 3.63) is 84.0 Å². The van der Waals surface area contributed by atoms with Crippen LogP contribution in [0.25, 0.3) is 28.1 Å². The number of nitrogens with one attached hydrogen (secondary N) is 2. The van der Waals surface area contributed by atoms with Gasteiger partial charge in [0.15, 0.2) is 0 Å². The molecule has 33 heavy (non-hydrogen) atoms. The van der Waals surface area contributed by atoms with Gasteiger partial charge in [-0.2, -0.15) is 0 Å². The second-order valence-electron chi connectivity index (χ2n) is 8.53. The van der Waals surface area contributed by atoms with Gasteiger partial charge in [0.25, 0.3) is 0 Å². The number of carbonyl (C=O) groups excluding carboxylic acids is 1. The van der Waals surface area contributed by atoms with Crippen molar-refractivity contribution < 1.29 is 4.79 Å². The Morgan fingerprint density at radius 2 is 1.79 bits per heavy atom. The number of hydrogen-bond donors (Lipinski definition) is 2. The minimum Gasteiger partial charge on any atom is -0.362 e. The van der Waals surface area contributed by atoms with Gasteiger partial charge in [0.1, 0.15) is 5.82 Å². The Bertz CT molecular complexity index is 1140. The summed E-state index contributed by atoms with van der Waals surface area (Å²) in [6, 6.07) is 17.2. The normalized spacial score (nSPS) is 16.8. The lowest BCUT2D eigenvalue weighted by molar-refractivity contribution is -0.119. The molecule has 1 saturated heterocycles. The summed E-state index contributed by atoms with van der Waals surface area (Å²) in [4.78, 5) is 21.1. The topological polar surface area (TPSA) is 61.0 Å². The molecule has 2 N–H and O–H groups in total. The number of rotatable bonds is 8. The van der Waals surface area contributed by atoms with Gasteiger partial charge >= 0.3 is 0 Å². The Labute approximate surface area is 196 Å². The Kier molecular flexibility index (Phi) is 7.08. The molecule has 5 heteroatoms. The van der Waals surface area contributed by atoms with Crippen LogP contribution >= 0.6 is 0 Å². The van der Waals surface area contributed by atoms with Gasteiger partial charge in [-0.3, -0.25) is 4.79 Å². The average molecular weight is 441 g/mol. The number of allylic oxidation sites excluding steroid dienone is 2. The zero-order valence-electron chi connectivity index (χ0n) is 19.6. The summed E-state index contributed by atoms with van der Waals surface area (Å²) in [5.74, 6) is 0.867. The largest absolute Gasteiger partial charge is 0.362 e. The quantitative estimate of drug-likeness (QED) is 0.404. The number of amides is 1. The Morgan fingerprint density at radius 1 is 1.12 bits per heavy atom. The summed E-state index contributed by atoms with van der Waals surface area (Å²) in [5.41, 5.74) is 8.00. The molecular weight excluding hydrogens is 408 g/mol. The molecule has 1 aliphatic rings. The minimum atomic E-state index is 0.0620. The van der Waals surface area contributed by atoms with Gasteiger partial charge < -0.3 is 15.2 Å². The molecule has 2 aromatic carbocycles. The smallest absolute Gasteiger partial charge is 0.210 e. The van der Waals surface area contributed by atoms with Crippen molar-refractivity contribution in [2.75, 3.05) is 6.54 Å². The zero-order chi connectivity index (χ0) is 23.2. The van der Waals surface area contributed by atoms with Crippen molar-refractivity contribution >= 4 is 12.1 Å². The summed E-state index contributed by atoms with van der Waals surface area (Å²) < 4.78 is 0. The average Bonchev–Trinajstić information content (AvgIpc) is 3.54. The third-order valence-electron chi connectivity index (χ3n) is 6.39. The van der Waals surface area contributed by atoms with E-state index in [1.165, 1.54) is 22.3 Å². The van der Waals surface area contributed by atoms with Gasteiger partial charge in [-0.05, 0) is 61.6 Å². The number of likely N-dealkylation sites (tertiary alicyclic amines) is 1. The number of nitrogens with zero attached hydrogens (tertiary/aromatic N) is 2. The Hall–Kier alpha value is -3.60. The zero-order valence-corrected chi connectivity index (χ0v) is 19.6. The molecule has 1 aliphatic heterocycles. The summed E-state index contributed by atoms with van der Waals surface area (Å²) in [6.45, 7) is 7.14. The fraction of sp³-hybridized carbons (Fsp3) is 0.286. The first-order valence-corrected chi connectivity index (χ1v) is 11.7. The molecule has 0 aliphatic carbocycles. The number of carbonyl (C=O) groups is 1. The molecule has 170 valence electrons. The van der Waals surface area contributed by atoms with E-state index in [4.69, 9.17) is 0 Å². The molecule has 0 saturated carbocycles. The van der Waals surface area contributed by atoms with Crippen LogP contribution in [-0.4, -0.2) is 27.8 Å². The van der Waals surface area contributed by atoms with E-state index in [0.717, 1.165) is 55.0 Å². The van der Waals surface area contributed by atoms with E-state index in [-0.39, 0.29) is 6.04 Å². The maximum atomic E-state index is 11.3. The van der Waals surface area contributed by atoms with Gasteiger partial charge in [-0.15, -0.1) is 0 Å². The SMILES string of the molecule is C/C=C(\N/C=C(\C)CC)c1ccc(-c2ccc(-c3cnc(C4CCCN4C=O)[nH]3)cc2)cc1. The number of benzene rings is 2. The molecule has 5 nitrogen and oxygen atoms in total. The monoisotopic (exact) mass is 440 g/mol. The first-order valence-electron chi connectivity index (χ1n) is 11.7. The lowest BCUT2D eigenvalue weighted by Gasteiger charge is -2.17. The predicted molar refractivity (Wildman–Crippen MR) is 135 cm³/mol. The van der Waals surface area contributed by atoms with Gasteiger partial charge in [-0.25, -0.2) is 4.98 Å². The van der Waals surface area contributed by atoms with Gasteiger partial charge in [-0.1, -0.05) is 67.1 Å². The standard InChI is InChI=1S/C28H32N4O/c1-4-20(3)17-29-25(5-2)23-12-8-21(9-13-23)22-10-14-24(15-11-22)26-18-30-28(31-26)27-7-6-16-32(27)19-33/h5,8-15,17-19,27,29H,4,6-7,16H2,1-3H3,(H,30,31)/b20-17+,25-5-. The van der Waals surface area contributed by atoms with Crippen LogP contribution in [-0.2, 0) is 4.79 Å². The Morgan fingerprint density at radius 3 is 2.42 bits per heavy atom. The lowest BCUT2D eigenvalue weighted by Crippen LogP contribution is -2.21. The van der Waals surface area contributed by atoms with E-state index in [2.05, 4.69) is 89.9 Å². The molecule has 2 heterocycles. The van der Waals surface area contributed by atoms with E-state index < -0.39 is 0 Å². The number of imidazole rings is 1. The molecule has 1 aromatic heterocycles. The van der Waals surface area contributed by atoms with Crippen LogP contribution in [0.5, 0.6) is 0 Å². The van der Waals surface area contributed by atoms with Gasteiger partial charge in [0, 0.05) is 12.2 Å². The molecule has 4 rings (SSSR count). The van der Waals surface area contributed by atoms with Crippen LogP contribution in [0.3, 0.4) is 0 Å². The molecule has 1 amide bonds. The fourth-order valence-corrected chi connectivity index (χ4v) is 4.18. The van der Waals surface area contributed by atoms with E-state index in [9.17, 15) is 4.79 Å². The maximum absolute atomic E-state index is 11.3. The molecule has 1 fully saturated rings. The van der Waals surface area contributed by atoms with Gasteiger partial charge in [0.05, 0.1) is 17.9 Å². The van der Waals surface area contributed by atoms with Crippen molar-refractivity contribution in [1.29, 1.82) is 0 Å². The maximum Gasteiger partial charge on any atom is 0.210 e. The van der Waals surface area contributed by atoms with Crippen molar-refractivity contribution in [3.63, 3.8) is 0 Å².